The minimum atomic E-state index is -3.62. The Balaban J connectivity index is 1.64. The smallest absolute Gasteiger partial charge is 0.273 e. The van der Waals surface area contributed by atoms with Gasteiger partial charge in [-0.2, -0.15) is 0 Å². The number of carbonyl (C=O) groups excluding carboxylic acids is 1. The van der Waals surface area contributed by atoms with Gasteiger partial charge in [0, 0.05) is 31.2 Å². The molecule has 1 amide bonds. The van der Waals surface area contributed by atoms with Crippen molar-refractivity contribution in [2.75, 3.05) is 24.9 Å². The zero-order chi connectivity index (χ0) is 20.6. The number of sulfonamides is 1. The molecular weight excluding hydrogens is 428 g/mol. The van der Waals surface area contributed by atoms with Crippen molar-refractivity contribution < 1.29 is 13.2 Å². The Bertz CT molecular complexity index is 1180. The molecule has 3 heterocycles. The second-order valence-electron chi connectivity index (χ2n) is 6.59. The van der Waals surface area contributed by atoms with Crippen LogP contribution in [0.2, 0.25) is 0 Å². The molecule has 3 aromatic rings. The van der Waals surface area contributed by atoms with E-state index in [2.05, 4.69) is 15.3 Å². The van der Waals surface area contributed by atoms with Gasteiger partial charge in [-0.25, -0.2) is 8.42 Å². The van der Waals surface area contributed by atoms with Crippen molar-refractivity contribution in [1.82, 2.24) is 10.3 Å². The maximum Gasteiger partial charge on any atom is 0.273 e. The second-order valence-corrected chi connectivity index (χ2v) is 11.0. The van der Waals surface area contributed by atoms with Gasteiger partial charge in [0.15, 0.2) is 0 Å². The molecular formula is C19H20N4O3S3. The van der Waals surface area contributed by atoms with Crippen molar-refractivity contribution in [3.8, 4) is 0 Å². The van der Waals surface area contributed by atoms with Crippen molar-refractivity contribution in [3.63, 3.8) is 0 Å². The SMILES string of the molecule is CNC(=O)CC1CN=C(c2cc3cccc(N(C)S(=O)(=O)c4cccs4)c3[nH]2)S1. The maximum absolute atomic E-state index is 12.9. The van der Waals surface area contributed by atoms with E-state index in [4.69, 9.17) is 0 Å². The van der Waals surface area contributed by atoms with Crippen molar-refractivity contribution >= 4 is 60.7 Å². The molecule has 10 heteroatoms. The number of thioether (sulfide) groups is 1. The summed E-state index contributed by atoms with van der Waals surface area (Å²) in [6, 6.07) is 10.9. The molecule has 2 aromatic heterocycles. The lowest BCUT2D eigenvalue weighted by Crippen LogP contribution is -2.26. The average Bonchev–Trinajstić information content (AvgIpc) is 3.46. The van der Waals surface area contributed by atoms with Gasteiger partial charge in [-0.3, -0.25) is 14.1 Å². The number of aromatic nitrogens is 1. The van der Waals surface area contributed by atoms with E-state index in [1.165, 1.54) is 15.6 Å². The van der Waals surface area contributed by atoms with Crippen LogP contribution in [-0.2, 0) is 14.8 Å². The van der Waals surface area contributed by atoms with Gasteiger partial charge in [-0.05, 0) is 23.6 Å². The molecule has 0 bridgehead atoms. The fourth-order valence-electron chi connectivity index (χ4n) is 3.17. The van der Waals surface area contributed by atoms with E-state index in [0.29, 0.717) is 22.9 Å². The molecule has 4 rings (SSSR count). The summed E-state index contributed by atoms with van der Waals surface area (Å²) in [6.07, 6.45) is 0.418. The number of aromatic amines is 1. The van der Waals surface area contributed by atoms with E-state index in [1.807, 2.05) is 18.2 Å². The van der Waals surface area contributed by atoms with Crippen LogP contribution in [0.15, 0.2) is 51.0 Å². The van der Waals surface area contributed by atoms with Crippen LogP contribution in [0.25, 0.3) is 10.9 Å². The van der Waals surface area contributed by atoms with Gasteiger partial charge in [-0.1, -0.05) is 30.0 Å². The van der Waals surface area contributed by atoms with Gasteiger partial charge in [0.05, 0.1) is 23.4 Å². The van der Waals surface area contributed by atoms with Crippen LogP contribution < -0.4 is 9.62 Å². The van der Waals surface area contributed by atoms with Gasteiger partial charge in [0.1, 0.15) is 9.25 Å². The topological polar surface area (TPSA) is 94.6 Å². The Labute approximate surface area is 177 Å². The summed E-state index contributed by atoms with van der Waals surface area (Å²) in [6.45, 7) is 0.586. The minimum Gasteiger partial charge on any atom is -0.359 e. The summed E-state index contributed by atoms with van der Waals surface area (Å²) in [5, 5.41) is 6.24. The highest BCUT2D eigenvalue weighted by atomic mass is 32.2. The summed E-state index contributed by atoms with van der Waals surface area (Å²) in [5.74, 6) is -0.00158. The van der Waals surface area contributed by atoms with Crippen LogP contribution in [0.3, 0.4) is 0 Å². The first-order valence-corrected chi connectivity index (χ1v) is 12.2. The van der Waals surface area contributed by atoms with Gasteiger partial charge >= 0.3 is 0 Å². The summed E-state index contributed by atoms with van der Waals surface area (Å²) >= 11 is 2.76. The summed E-state index contributed by atoms with van der Waals surface area (Å²) in [4.78, 5) is 19.5. The summed E-state index contributed by atoms with van der Waals surface area (Å²) in [5.41, 5.74) is 2.15. The molecule has 152 valence electrons. The van der Waals surface area contributed by atoms with E-state index < -0.39 is 10.0 Å². The number of hydrogen-bond acceptors (Lipinski definition) is 6. The fraction of sp³-hybridized carbons (Fsp3) is 0.263. The van der Waals surface area contributed by atoms with E-state index in [0.717, 1.165) is 21.6 Å². The Hall–Kier alpha value is -2.30. The Morgan fingerprint density at radius 2 is 2.17 bits per heavy atom. The van der Waals surface area contributed by atoms with Crippen LogP contribution in [0.4, 0.5) is 5.69 Å². The van der Waals surface area contributed by atoms with Gasteiger partial charge in [0.25, 0.3) is 10.0 Å². The van der Waals surface area contributed by atoms with Gasteiger partial charge in [-0.15, -0.1) is 11.3 Å². The molecule has 1 aliphatic heterocycles. The largest absolute Gasteiger partial charge is 0.359 e. The molecule has 0 saturated heterocycles. The minimum absolute atomic E-state index is 0.00158. The van der Waals surface area contributed by atoms with E-state index in [9.17, 15) is 13.2 Å². The van der Waals surface area contributed by atoms with Crippen LogP contribution in [0.5, 0.6) is 0 Å². The third-order valence-corrected chi connectivity index (χ3v) is 9.09. The molecule has 29 heavy (non-hydrogen) atoms. The molecule has 0 fully saturated rings. The molecule has 0 spiro atoms. The molecule has 0 radical (unpaired) electrons. The monoisotopic (exact) mass is 448 g/mol. The third kappa shape index (κ3) is 3.79. The van der Waals surface area contributed by atoms with Crippen molar-refractivity contribution in [3.05, 3.63) is 47.5 Å². The van der Waals surface area contributed by atoms with Crippen LogP contribution in [0, 0.1) is 0 Å². The van der Waals surface area contributed by atoms with Crippen LogP contribution in [-0.4, -0.2) is 50.2 Å². The predicted molar refractivity (Wildman–Crippen MR) is 120 cm³/mol. The van der Waals surface area contributed by atoms with Gasteiger partial charge in [0.2, 0.25) is 5.91 Å². The fourth-order valence-corrected chi connectivity index (χ4v) is 6.63. The second kappa shape index (κ2) is 7.85. The Morgan fingerprint density at radius 1 is 1.34 bits per heavy atom. The number of nitrogens with zero attached hydrogens (tertiary/aromatic N) is 2. The predicted octanol–water partition coefficient (Wildman–Crippen LogP) is 3.05. The number of hydrogen-bond donors (Lipinski definition) is 2. The molecule has 2 N–H and O–H groups in total. The first-order valence-electron chi connectivity index (χ1n) is 8.96. The first kappa shape index (κ1) is 20.0. The molecule has 0 saturated carbocycles. The van der Waals surface area contributed by atoms with Crippen molar-refractivity contribution in [1.29, 1.82) is 0 Å². The van der Waals surface area contributed by atoms with Crippen molar-refractivity contribution in [2.24, 2.45) is 4.99 Å². The highest BCUT2D eigenvalue weighted by molar-refractivity contribution is 8.15. The number of thiophene rings is 1. The maximum atomic E-state index is 12.9. The van der Waals surface area contributed by atoms with Crippen LogP contribution >= 0.6 is 23.1 Å². The van der Waals surface area contributed by atoms with Gasteiger partial charge < -0.3 is 10.3 Å². The number of rotatable bonds is 6. The first-order chi connectivity index (χ1) is 13.9. The lowest BCUT2D eigenvalue weighted by atomic mass is 10.2. The molecule has 1 aromatic carbocycles. The highest BCUT2D eigenvalue weighted by Gasteiger charge is 2.26. The number of benzene rings is 1. The number of nitrogens with one attached hydrogen (secondary N) is 2. The number of para-hydroxylation sites is 1. The van der Waals surface area contributed by atoms with E-state index >= 15 is 0 Å². The normalized spacial score (nSPS) is 16.8. The van der Waals surface area contributed by atoms with E-state index in [1.54, 1.807) is 49.4 Å². The number of amides is 1. The number of fused-ring (bicyclic) bond motifs is 1. The highest BCUT2D eigenvalue weighted by Crippen LogP contribution is 2.34. The zero-order valence-corrected chi connectivity index (χ0v) is 18.3. The number of H-pyrrole nitrogens is 1. The molecule has 1 aliphatic rings. The average molecular weight is 449 g/mol. The summed E-state index contributed by atoms with van der Waals surface area (Å²) in [7, 11) is -0.433. The Morgan fingerprint density at radius 3 is 2.90 bits per heavy atom. The number of anilines is 1. The number of carbonyl (C=O) groups is 1. The molecule has 1 unspecified atom stereocenters. The lowest BCUT2D eigenvalue weighted by molar-refractivity contribution is -0.120. The standard InChI is InChI=1S/C19H20N4O3S3/c1-20-16(24)10-13-11-21-19(28-13)14-9-12-5-3-6-15(18(12)22-14)23(2)29(25,26)17-7-4-8-27-17/h3-9,13,22H,10-11H2,1-2H3,(H,20,24). The van der Waals surface area contributed by atoms with E-state index in [-0.39, 0.29) is 11.2 Å². The lowest BCUT2D eigenvalue weighted by Gasteiger charge is -2.19. The Kier molecular flexibility index (Phi) is 5.41. The summed E-state index contributed by atoms with van der Waals surface area (Å²) < 4.78 is 27.5. The molecule has 7 nitrogen and oxygen atoms in total. The molecule has 1 atom stereocenters. The quantitative estimate of drug-likeness (QED) is 0.606. The number of aliphatic imine (C=N–C) groups is 1. The zero-order valence-electron chi connectivity index (χ0n) is 15.9. The third-order valence-electron chi connectivity index (χ3n) is 4.72. The molecule has 0 aliphatic carbocycles. The van der Waals surface area contributed by atoms with Crippen molar-refractivity contribution in [2.45, 2.75) is 15.9 Å². The van der Waals surface area contributed by atoms with Crippen LogP contribution in [0.1, 0.15) is 12.1 Å².